The van der Waals surface area contributed by atoms with Gasteiger partial charge in [-0.05, 0) is 30.9 Å². The molecule has 1 aromatic carbocycles. The molecule has 1 fully saturated rings. The van der Waals surface area contributed by atoms with Crippen molar-refractivity contribution >= 4 is 17.3 Å². The molecule has 7 nitrogen and oxygen atoms in total. The molecule has 0 spiro atoms. The van der Waals surface area contributed by atoms with E-state index in [0.29, 0.717) is 18.8 Å². The molecule has 2 rings (SSSR count). The molecule has 7 heteroatoms. The lowest BCUT2D eigenvalue weighted by Gasteiger charge is -2.33. The van der Waals surface area contributed by atoms with Crippen LogP contribution in [0.3, 0.4) is 0 Å². The summed E-state index contributed by atoms with van der Waals surface area (Å²) < 4.78 is 0. The minimum Gasteiger partial charge on any atom is -0.396 e. The third-order valence-corrected chi connectivity index (χ3v) is 3.57. The van der Waals surface area contributed by atoms with Crippen LogP contribution in [0.5, 0.6) is 0 Å². The number of amides is 1. The highest BCUT2D eigenvalue weighted by Crippen LogP contribution is 2.32. The van der Waals surface area contributed by atoms with Crippen LogP contribution in [-0.4, -0.2) is 35.6 Å². The van der Waals surface area contributed by atoms with Crippen molar-refractivity contribution in [2.24, 2.45) is 11.7 Å². The van der Waals surface area contributed by atoms with E-state index in [1.54, 1.807) is 0 Å². The minimum atomic E-state index is -0.614. The first-order valence-electron chi connectivity index (χ1n) is 6.47. The summed E-state index contributed by atoms with van der Waals surface area (Å²) in [5.41, 5.74) is 5.82. The molecule has 0 saturated carbocycles. The lowest BCUT2D eigenvalue weighted by atomic mass is 9.98. The van der Waals surface area contributed by atoms with E-state index in [2.05, 4.69) is 0 Å². The molecule has 1 saturated heterocycles. The zero-order valence-electron chi connectivity index (χ0n) is 11.0. The number of carbonyl (C=O) groups is 1. The van der Waals surface area contributed by atoms with E-state index in [9.17, 15) is 20.0 Å². The van der Waals surface area contributed by atoms with Crippen LogP contribution in [0.15, 0.2) is 18.2 Å². The average molecular weight is 279 g/mol. The van der Waals surface area contributed by atoms with Crippen LogP contribution in [0, 0.1) is 16.0 Å². The quantitative estimate of drug-likeness (QED) is 0.628. The second-order valence-corrected chi connectivity index (χ2v) is 4.96. The Kier molecular flexibility index (Phi) is 4.19. The zero-order chi connectivity index (χ0) is 14.7. The summed E-state index contributed by atoms with van der Waals surface area (Å²) in [6, 6.07) is 4.12. The van der Waals surface area contributed by atoms with Gasteiger partial charge in [0, 0.05) is 31.3 Å². The Bertz CT molecular complexity index is 532. The van der Waals surface area contributed by atoms with Crippen molar-refractivity contribution < 1.29 is 14.8 Å². The van der Waals surface area contributed by atoms with E-state index in [1.807, 2.05) is 4.90 Å². The van der Waals surface area contributed by atoms with Crippen LogP contribution in [-0.2, 0) is 0 Å². The molecule has 1 aliphatic rings. The first-order valence-corrected chi connectivity index (χ1v) is 6.47. The van der Waals surface area contributed by atoms with Crippen molar-refractivity contribution in [1.82, 2.24) is 0 Å². The van der Waals surface area contributed by atoms with Gasteiger partial charge in [-0.1, -0.05) is 0 Å². The molecule has 0 aromatic heterocycles. The highest BCUT2D eigenvalue weighted by Gasteiger charge is 2.26. The standard InChI is InChI=1S/C13H17N3O4/c14-13(18)10-3-4-11(16(19)20)12(6-10)15-5-1-2-9(7-15)8-17/h3-4,6,9,17H,1-2,5,7-8H2,(H2,14,18). The molecule has 0 aliphatic carbocycles. The number of primary amides is 1. The molecular formula is C13H17N3O4. The third kappa shape index (κ3) is 2.88. The molecular weight excluding hydrogens is 262 g/mol. The fourth-order valence-electron chi connectivity index (χ4n) is 2.52. The lowest BCUT2D eigenvalue weighted by Crippen LogP contribution is -2.37. The van der Waals surface area contributed by atoms with Gasteiger partial charge in [0.25, 0.3) is 5.69 Å². The van der Waals surface area contributed by atoms with Gasteiger partial charge in [0.2, 0.25) is 5.91 Å². The lowest BCUT2D eigenvalue weighted by molar-refractivity contribution is -0.384. The summed E-state index contributed by atoms with van der Waals surface area (Å²) >= 11 is 0. The van der Waals surface area contributed by atoms with Crippen molar-refractivity contribution in [2.75, 3.05) is 24.6 Å². The number of piperidine rings is 1. The number of aliphatic hydroxyl groups is 1. The average Bonchev–Trinajstić information content (AvgIpc) is 2.46. The predicted molar refractivity (Wildman–Crippen MR) is 73.6 cm³/mol. The maximum absolute atomic E-state index is 11.2. The third-order valence-electron chi connectivity index (χ3n) is 3.57. The molecule has 1 unspecified atom stereocenters. The van der Waals surface area contributed by atoms with Gasteiger partial charge >= 0.3 is 0 Å². The summed E-state index contributed by atoms with van der Waals surface area (Å²) in [6.45, 7) is 1.26. The number of hydrogen-bond acceptors (Lipinski definition) is 5. The van der Waals surface area contributed by atoms with Crippen LogP contribution in [0.1, 0.15) is 23.2 Å². The second kappa shape index (κ2) is 5.87. The molecule has 0 radical (unpaired) electrons. The number of benzene rings is 1. The highest BCUT2D eigenvalue weighted by molar-refractivity contribution is 5.94. The number of nitrogens with zero attached hydrogens (tertiary/aromatic N) is 2. The molecule has 0 bridgehead atoms. The van der Waals surface area contributed by atoms with Gasteiger partial charge in [-0.15, -0.1) is 0 Å². The van der Waals surface area contributed by atoms with Crippen molar-refractivity contribution in [1.29, 1.82) is 0 Å². The van der Waals surface area contributed by atoms with Crippen LogP contribution in [0.25, 0.3) is 0 Å². The van der Waals surface area contributed by atoms with E-state index in [-0.39, 0.29) is 23.8 Å². The molecule has 3 N–H and O–H groups in total. The molecule has 1 heterocycles. The van der Waals surface area contributed by atoms with Crippen molar-refractivity contribution in [3.05, 3.63) is 33.9 Å². The summed E-state index contributed by atoms with van der Waals surface area (Å²) in [6.07, 6.45) is 1.75. The SMILES string of the molecule is NC(=O)c1ccc([N+](=O)[O-])c(N2CCCC(CO)C2)c1. The Morgan fingerprint density at radius 1 is 1.55 bits per heavy atom. The molecule has 1 aromatic rings. The Morgan fingerprint density at radius 3 is 2.90 bits per heavy atom. The van der Waals surface area contributed by atoms with Crippen LogP contribution in [0.4, 0.5) is 11.4 Å². The minimum absolute atomic E-state index is 0.0476. The Balaban J connectivity index is 2.38. The number of nitrogens with two attached hydrogens (primary N) is 1. The summed E-state index contributed by atoms with van der Waals surface area (Å²) in [5.74, 6) is -0.516. The number of hydrogen-bond donors (Lipinski definition) is 2. The highest BCUT2D eigenvalue weighted by atomic mass is 16.6. The number of carbonyl (C=O) groups excluding carboxylic acids is 1. The number of nitro benzene ring substituents is 1. The number of anilines is 1. The monoisotopic (exact) mass is 279 g/mol. The van der Waals surface area contributed by atoms with Crippen molar-refractivity contribution in [3.8, 4) is 0 Å². The van der Waals surface area contributed by atoms with Crippen molar-refractivity contribution in [2.45, 2.75) is 12.8 Å². The van der Waals surface area contributed by atoms with Gasteiger partial charge in [0.15, 0.2) is 0 Å². The summed E-state index contributed by atoms with van der Waals surface area (Å²) in [7, 11) is 0. The summed E-state index contributed by atoms with van der Waals surface area (Å²) in [5, 5.41) is 20.4. The second-order valence-electron chi connectivity index (χ2n) is 4.96. The van der Waals surface area contributed by atoms with Crippen molar-refractivity contribution in [3.63, 3.8) is 0 Å². The maximum atomic E-state index is 11.2. The van der Waals surface area contributed by atoms with Gasteiger partial charge in [-0.2, -0.15) is 0 Å². The number of nitro groups is 1. The fourth-order valence-corrected chi connectivity index (χ4v) is 2.52. The molecule has 20 heavy (non-hydrogen) atoms. The summed E-state index contributed by atoms with van der Waals surface area (Å²) in [4.78, 5) is 23.7. The van der Waals surface area contributed by atoms with Gasteiger partial charge in [-0.25, -0.2) is 0 Å². The largest absolute Gasteiger partial charge is 0.396 e. The van der Waals surface area contributed by atoms with E-state index in [0.717, 1.165) is 12.8 Å². The topological polar surface area (TPSA) is 110 Å². The fraction of sp³-hybridized carbons (Fsp3) is 0.462. The Hall–Kier alpha value is -2.15. The van der Waals surface area contributed by atoms with Gasteiger partial charge < -0.3 is 15.7 Å². The zero-order valence-corrected chi connectivity index (χ0v) is 11.0. The van der Waals surface area contributed by atoms with Crippen LogP contribution >= 0.6 is 0 Å². The van der Waals surface area contributed by atoms with Crippen LogP contribution in [0.2, 0.25) is 0 Å². The molecule has 1 amide bonds. The number of aliphatic hydroxyl groups excluding tert-OH is 1. The van der Waals surface area contributed by atoms with Crippen LogP contribution < -0.4 is 10.6 Å². The van der Waals surface area contributed by atoms with Gasteiger partial charge in [0.1, 0.15) is 5.69 Å². The molecule has 108 valence electrons. The smallest absolute Gasteiger partial charge is 0.292 e. The maximum Gasteiger partial charge on any atom is 0.292 e. The van der Waals surface area contributed by atoms with E-state index < -0.39 is 10.8 Å². The Labute approximate surface area is 116 Å². The predicted octanol–water partition coefficient (Wildman–Crippen LogP) is 0.902. The van der Waals surface area contributed by atoms with E-state index in [1.165, 1.54) is 18.2 Å². The Morgan fingerprint density at radius 2 is 2.30 bits per heavy atom. The first kappa shape index (κ1) is 14.3. The van der Waals surface area contributed by atoms with Gasteiger partial charge in [-0.3, -0.25) is 14.9 Å². The first-order chi connectivity index (χ1) is 9.52. The molecule has 1 atom stereocenters. The number of rotatable bonds is 4. The van der Waals surface area contributed by atoms with Gasteiger partial charge in [0.05, 0.1) is 4.92 Å². The normalized spacial score (nSPS) is 18.9. The van der Waals surface area contributed by atoms with E-state index >= 15 is 0 Å². The van der Waals surface area contributed by atoms with E-state index in [4.69, 9.17) is 5.73 Å². The molecule has 1 aliphatic heterocycles.